The average molecular weight is 455 g/mol. The molecule has 1 saturated carbocycles. The summed E-state index contributed by atoms with van der Waals surface area (Å²) in [4.78, 5) is 9.32. The molecule has 0 saturated heterocycles. The zero-order valence-corrected chi connectivity index (χ0v) is 21.6. The summed E-state index contributed by atoms with van der Waals surface area (Å²) in [5.41, 5.74) is 4.86. The Morgan fingerprint density at radius 1 is 1.06 bits per heavy atom. The summed E-state index contributed by atoms with van der Waals surface area (Å²) >= 11 is 1.68. The van der Waals surface area contributed by atoms with Gasteiger partial charge in [0.05, 0.1) is 0 Å². The van der Waals surface area contributed by atoms with Crippen LogP contribution >= 0.6 is 20.1 Å². The molecule has 0 amide bonds. The Labute approximate surface area is 194 Å². The number of imidazole rings is 1. The van der Waals surface area contributed by atoms with Crippen LogP contribution in [0.1, 0.15) is 49.6 Å². The number of hydrogen-bond donors (Lipinski definition) is 0. The molecule has 1 fully saturated rings. The highest BCUT2D eigenvalue weighted by Gasteiger charge is 2.23. The SMILES string of the molecule is C=PN(C)C.CC.Cc1ccc(Sc2c(-c3ccc(C4CC4)cc3)nc(C)n2C)nc1. The lowest BCUT2D eigenvalue weighted by atomic mass is 10.1. The molecule has 0 N–H and O–H groups in total. The zero-order valence-electron chi connectivity index (χ0n) is 19.9. The molecular formula is C25H35N4PS. The van der Waals surface area contributed by atoms with E-state index >= 15 is 0 Å². The van der Waals surface area contributed by atoms with Crippen molar-refractivity contribution in [3.05, 3.63) is 59.5 Å². The van der Waals surface area contributed by atoms with E-state index in [-0.39, 0.29) is 0 Å². The standard InChI is InChI=1S/C20H21N3S.C3H8NP.C2H6/c1-13-4-11-18(21-12-13)24-20-19(22-14(2)23(20)3)17-9-7-16(8-10-17)15-5-6-15;1-4(2)5-3;1-2/h4,7-12,15H,5-6H2,1-3H3;3H2,1-2H3;1-2H3. The lowest BCUT2D eigenvalue weighted by Gasteiger charge is -2.07. The van der Waals surface area contributed by atoms with E-state index in [0.29, 0.717) is 0 Å². The minimum atomic E-state index is 0.787. The van der Waals surface area contributed by atoms with Gasteiger partial charge in [0.1, 0.15) is 21.6 Å². The second-order valence-corrected chi connectivity index (χ2v) is 9.62. The summed E-state index contributed by atoms with van der Waals surface area (Å²) in [6, 6.07) is 13.1. The molecule has 1 aromatic carbocycles. The zero-order chi connectivity index (χ0) is 23.0. The van der Waals surface area contributed by atoms with Crippen molar-refractivity contribution in [2.45, 2.75) is 56.5 Å². The normalized spacial score (nSPS) is 12.8. The van der Waals surface area contributed by atoms with Crippen LogP contribution in [0.3, 0.4) is 0 Å². The minimum Gasteiger partial charge on any atom is -0.326 e. The monoisotopic (exact) mass is 454 g/mol. The maximum Gasteiger partial charge on any atom is 0.109 e. The van der Waals surface area contributed by atoms with E-state index < -0.39 is 0 Å². The maximum absolute atomic E-state index is 4.80. The molecule has 0 atom stereocenters. The fourth-order valence-corrected chi connectivity index (χ4v) is 3.81. The van der Waals surface area contributed by atoms with Gasteiger partial charge in [-0.15, -0.1) is 0 Å². The molecule has 0 bridgehead atoms. The second kappa shape index (κ2) is 12.2. The first-order valence-electron chi connectivity index (χ1n) is 10.8. The van der Waals surface area contributed by atoms with Crippen molar-refractivity contribution < 1.29 is 0 Å². The average Bonchev–Trinajstić information content (AvgIpc) is 3.60. The molecule has 0 unspecified atom stereocenters. The van der Waals surface area contributed by atoms with Crippen molar-refractivity contribution in [2.24, 2.45) is 7.05 Å². The van der Waals surface area contributed by atoms with Gasteiger partial charge in [-0.3, -0.25) is 4.67 Å². The van der Waals surface area contributed by atoms with Crippen molar-refractivity contribution in [2.75, 3.05) is 14.1 Å². The topological polar surface area (TPSA) is 34.0 Å². The summed E-state index contributed by atoms with van der Waals surface area (Å²) < 4.78 is 4.14. The van der Waals surface area contributed by atoms with Crippen molar-refractivity contribution in [3.63, 3.8) is 0 Å². The van der Waals surface area contributed by atoms with Gasteiger partial charge >= 0.3 is 0 Å². The Balaban J connectivity index is 0.000000432. The molecule has 0 spiro atoms. The molecule has 0 aliphatic heterocycles. The lowest BCUT2D eigenvalue weighted by Crippen LogP contribution is -1.94. The summed E-state index contributed by atoms with van der Waals surface area (Å²) in [7, 11) is 7.11. The maximum atomic E-state index is 4.80. The van der Waals surface area contributed by atoms with Gasteiger partial charge in [-0.05, 0) is 84.0 Å². The quantitative estimate of drug-likeness (QED) is 0.389. The first-order chi connectivity index (χ1) is 14.9. The molecule has 6 heteroatoms. The van der Waals surface area contributed by atoms with Crippen LogP contribution < -0.4 is 0 Å². The summed E-state index contributed by atoms with van der Waals surface area (Å²) in [6.07, 6.45) is 8.17. The number of rotatable bonds is 5. The second-order valence-electron chi connectivity index (χ2n) is 7.53. The van der Waals surface area contributed by atoms with Crippen molar-refractivity contribution in [1.82, 2.24) is 19.2 Å². The third-order valence-electron chi connectivity index (χ3n) is 4.87. The van der Waals surface area contributed by atoms with Crippen LogP contribution in [-0.4, -0.2) is 39.6 Å². The van der Waals surface area contributed by atoms with Gasteiger partial charge in [0, 0.05) is 18.8 Å². The summed E-state index contributed by atoms with van der Waals surface area (Å²) in [6.45, 7) is 8.11. The van der Waals surface area contributed by atoms with E-state index in [1.165, 1.54) is 29.5 Å². The number of nitrogens with zero attached hydrogens (tertiary/aromatic N) is 4. The molecule has 31 heavy (non-hydrogen) atoms. The van der Waals surface area contributed by atoms with Crippen LogP contribution in [0.2, 0.25) is 0 Å². The molecular weight excluding hydrogens is 419 g/mol. The largest absolute Gasteiger partial charge is 0.326 e. The van der Waals surface area contributed by atoms with E-state index in [4.69, 9.17) is 4.98 Å². The van der Waals surface area contributed by atoms with E-state index in [1.54, 1.807) is 11.8 Å². The van der Waals surface area contributed by atoms with Crippen LogP contribution in [0.15, 0.2) is 52.6 Å². The van der Waals surface area contributed by atoms with Gasteiger partial charge in [-0.2, -0.15) is 0 Å². The van der Waals surface area contributed by atoms with E-state index in [0.717, 1.165) is 35.8 Å². The van der Waals surface area contributed by atoms with Crippen molar-refractivity contribution >= 4 is 26.4 Å². The predicted molar refractivity (Wildman–Crippen MR) is 138 cm³/mol. The first kappa shape index (κ1) is 25.3. The van der Waals surface area contributed by atoms with Gasteiger partial charge in [0.15, 0.2) is 0 Å². The van der Waals surface area contributed by atoms with Crippen LogP contribution in [0, 0.1) is 13.8 Å². The predicted octanol–water partition coefficient (Wildman–Crippen LogP) is 6.99. The number of aromatic nitrogens is 3. The van der Waals surface area contributed by atoms with Crippen molar-refractivity contribution in [3.8, 4) is 11.3 Å². The van der Waals surface area contributed by atoms with Crippen molar-refractivity contribution in [1.29, 1.82) is 0 Å². The van der Waals surface area contributed by atoms with Crippen LogP contribution in [-0.2, 0) is 7.05 Å². The van der Waals surface area contributed by atoms with Crippen LogP contribution in [0.25, 0.3) is 11.3 Å². The van der Waals surface area contributed by atoms with Gasteiger partial charge in [0.2, 0.25) is 0 Å². The molecule has 4 nitrogen and oxygen atoms in total. The highest BCUT2D eigenvalue weighted by atomic mass is 32.2. The van der Waals surface area contributed by atoms with Crippen LogP contribution in [0.5, 0.6) is 0 Å². The lowest BCUT2D eigenvalue weighted by molar-refractivity contribution is 0.701. The Bertz CT molecular complexity index is 958. The Morgan fingerprint density at radius 3 is 2.16 bits per heavy atom. The van der Waals surface area contributed by atoms with Gasteiger partial charge < -0.3 is 4.57 Å². The molecule has 2 aromatic heterocycles. The van der Waals surface area contributed by atoms with E-state index in [9.17, 15) is 0 Å². The summed E-state index contributed by atoms with van der Waals surface area (Å²) in [5.74, 6) is 1.81. The van der Waals surface area contributed by atoms with Gasteiger partial charge in [0.25, 0.3) is 0 Å². The minimum absolute atomic E-state index is 0.787. The van der Waals surface area contributed by atoms with E-state index in [2.05, 4.69) is 73.1 Å². The highest BCUT2D eigenvalue weighted by Crippen LogP contribution is 2.41. The van der Waals surface area contributed by atoms with Gasteiger partial charge in [-0.1, -0.05) is 50.5 Å². The highest BCUT2D eigenvalue weighted by molar-refractivity contribution is 7.99. The third-order valence-corrected chi connectivity index (χ3v) is 6.54. The number of pyridine rings is 1. The molecule has 4 rings (SSSR count). The number of benzene rings is 1. The fraction of sp³-hybridized carbons (Fsp3) is 0.400. The Kier molecular flexibility index (Phi) is 9.95. The van der Waals surface area contributed by atoms with Gasteiger partial charge in [-0.25, -0.2) is 9.97 Å². The first-order valence-corrected chi connectivity index (χ1v) is 12.6. The molecule has 2 heterocycles. The van der Waals surface area contributed by atoms with E-state index in [1.807, 2.05) is 38.8 Å². The summed E-state index contributed by atoms with van der Waals surface area (Å²) in [5, 5.41) is 2.14. The molecule has 1 aliphatic carbocycles. The Morgan fingerprint density at radius 2 is 1.68 bits per heavy atom. The third kappa shape index (κ3) is 7.31. The van der Waals surface area contributed by atoms with Crippen LogP contribution in [0.4, 0.5) is 0 Å². The molecule has 3 aromatic rings. The fourth-order valence-electron chi connectivity index (χ4n) is 2.84. The molecule has 166 valence electrons. The number of hydrogen-bond acceptors (Lipinski definition) is 4. The Hall–Kier alpha value is -1.94. The molecule has 0 radical (unpaired) electrons. The molecule has 1 aliphatic rings. The number of aryl methyl sites for hydroxylation is 2. The smallest absolute Gasteiger partial charge is 0.109 e.